The van der Waals surface area contributed by atoms with Gasteiger partial charge in [-0.15, -0.1) is 0 Å². The Kier molecular flexibility index (Phi) is 5.45. The quantitative estimate of drug-likeness (QED) is 0.780. The minimum absolute atomic E-state index is 0.205. The van der Waals surface area contributed by atoms with Crippen LogP contribution in [0, 0.1) is 11.8 Å². The van der Waals surface area contributed by atoms with Crippen LogP contribution < -0.4 is 10.6 Å². The standard InChI is InChI=1S/C14H27N3O/c1-12-3-4-13(9-12)10-16-14(18)11-17-7-2-5-15-6-8-17/h12-13,15H,2-11H2,1H3,(H,16,18). The smallest absolute Gasteiger partial charge is 0.234 e. The molecule has 1 heterocycles. The molecule has 1 aliphatic carbocycles. The van der Waals surface area contributed by atoms with Crippen molar-refractivity contribution < 1.29 is 4.79 Å². The maximum Gasteiger partial charge on any atom is 0.234 e. The first kappa shape index (κ1) is 13.8. The summed E-state index contributed by atoms with van der Waals surface area (Å²) in [5.74, 6) is 1.77. The average molecular weight is 253 g/mol. The van der Waals surface area contributed by atoms with Crippen LogP contribution in [0.2, 0.25) is 0 Å². The van der Waals surface area contributed by atoms with E-state index in [1.807, 2.05) is 0 Å². The fraction of sp³-hybridized carbons (Fsp3) is 0.929. The fourth-order valence-corrected chi connectivity index (χ4v) is 3.09. The summed E-state index contributed by atoms with van der Waals surface area (Å²) in [6, 6.07) is 0. The number of carbonyl (C=O) groups is 1. The Bertz CT molecular complexity index is 262. The Morgan fingerprint density at radius 3 is 3.00 bits per heavy atom. The van der Waals surface area contributed by atoms with Gasteiger partial charge in [0, 0.05) is 19.6 Å². The minimum atomic E-state index is 0.205. The predicted molar refractivity (Wildman–Crippen MR) is 73.4 cm³/mol. The molecule has 1 aliphatic heterocycles. The third kappa shape index (κ3) is 4.58. The topological polar surface area (TPSA) is 44.4 Å². The van der Waals surface area contributed by atoms with Crippen molar-refractivity contribution in [2.75, 3.05) is 39.3 Å². The van der Waals surface area contributed by atoms with Gasteiger partial charge in [-0.25, -0.2) is 0 Å². The molecule has 2 atom stereocenters. The van der Waals surface area contributed by atoms with Gasteiger partial charge in [0.1, 0.15) is 0 Å². The number of amides is 1. The normalized spacial score (nSPS) is 30.1. The van der Waals surface area contributed by atoms with Gasteiger partial charge in [0.15, 0.2) is 0 Å². The number of nitrogens with one attached hydrogen (secondary N) is 2. The lowest BCUT2D eigenvalue weighted by atomic mass is 10.1. The van der Waals surface area contributed by atoms with E-state index in [0.717, 1.165) is 51.0 Å². The highest BCUT2D eigenvalue weighted by molar-refractivity contribution is 5.78. The van der Waals surface area contributed by atoms with Gasteiger partial charge in [-0.2, -0.15) is 0 Å². The first-order valence-corrected chi connectivity index (χ1v) is 7.44. The summed E-state index contributed by atoms with van der Waals surface area (Å²) in [5, 5.41) is 6.47. The predicted octanol–water partition coefficient (Wildman–Crippen LogP) is 0.834. The molecule has 0 radical (unpaired) electrons. The molecule has 0 bridgehead atoms. The molecule has 2 fully saturated rings. The number of rotatable bonds is 4. The first-order chi connectivity index (χ1) is 8.74. The molecule has 18 heavy (non-hydrogen) atoms. The molecular weight excluding hydrogens is 226 g/mol. The molecule has 1 saturated heterocycles. The molecule has 1 amide bonds. The summed E-state index contributed by atoms with van der Waals surface area (Å²) < 4.78 is 0. The minimum Gasteiger partial charge on any atom is -0.355 e. The van der Waals surface area contributed by atoms with Crippen LogP contribution in [0.25, 0.3) is 0 Å². The van der Waals surface area contributed by atoms with Crippen LogP contribution in [0.5, 0.6) is 0 Å². The molecule has 2 unspecified atom stereocenters. The van der Waals surface area contributed by atoms with Crippen LogP contribution in [0.15, 0.2) is 0 Å². The van der Waals surface area contributed by atoms with Crippen molar-refractivity contribution in [1.82, 2.24) is 15.5 Å². The van der Waals surface area contributed by atoms with Crippen molar-refractivity contribution in [3.05, 3.63) is 0 Å². The van der Waals surface area contributed by atoms with Crippen molar-refractivity contribution in [1.29, 1.82) is 0 Å². The number of nitrogens with zero attached hydrogens (tertiary/aromatic N) is 1. The zero-order valence-corrected chi connectivity index (χ0v) is 11.6. The first-order valence-electron chi connectivity index (χ1n) is 7.44. The Labute approximate surface area is 110 Å². The van der Waals surface area contributed by atoms with E-state index in [-0.39, 0.29) is 5.91 Å². The summed E-state index contributed by atoms with van der Waals surface area (Å²) in [5.41, 5.74) is 0. The second-order valence-corrected chi connectivity index (χ2v) is 5.97. The summed E-state index contributed by atoms with van der Waals surface area (Å²) in [4.78, 5) is 14.1. The lowest BCUT2D eigenvalue weighted by Crippen LogP contribution is -2.40. The molecule has 4 nitrogen and oxygen atoms in total. The van der Waals surface area contributed by atoms with Gasteiger partial charge in [-0.3, -0.25) is 9.69 Å². The molecule has 2 N–H and O–H groups in total. The Hall–Kier alpha value is -0.610. The van der Waals surface area contributed by atoms with E-state index in [9.17, 15) is 4.79 Å². The second-order valence-electron chi connectivity index (χ2n) is 5.97. The fourth-order valence-electron chi connectivity index (χ4n) is 3.09. The molecule has 1 saturated carbocycles. The van der Waals surface area contributed by atoms with Crippen LogP contribution in [0.1, 0.15) is 32.6 Å². The molecule has 2 rings (SSSR count). The van der Waals surface area contributed by atoms with Gasteiger partial charge in [0.2, 0.25) is 5.91 Å². The maximum atomic E-state index is 11.9. The molecule has 104 valence electrons. The molecule has 2 aliphatic rings. The van der Waals surface area contributed by atoms with E-state index in [1.165, 1.54) is 19.3 Å². The van der Waals surface area contributed by atoms with Crippen molar-refractivity contribution >= 4 is 5.91 Å². The summed E-state index contributed by atoms with van der Waals surface area (Å²) in [6.07, 6.45) is 5.05. The molecule has 0 aromatic heterocycles. The summed E-state index contributed by atoms with van der Waals surface area (Å²) in [7, 11) is 0. The largest absolute Gasteiger partial charge is 0.355 e. The number of hydrogen-bond donors (Lipinski definition) is 2. The number of carbonyl (C=O) groups excluding carboxylic acids is 1. The third-order valence-electron chi connectivity index (χ3n) is 4.19. The molecule has 4 heteroatoms. The molecule has 0 aromatic carbocycles. The van der Waals surface area contributed by atoms with E-state index in [1.54, 1.807) is 0 Å². The van der Waals surface area contributed by atoms with Crippen LogP contribution in [0.3, 0.4) is 0 Å². The van der Waals surface area contributed by atoms with Gasteiger partial charge >= 0.3 is 0 Å². The number of hydrogen-bond acceptors (Lipinski definition) is 3. The van der Waals surface area contributed by atoms with E-state index < -0.39 is 0 Å². The third-order valence-corrected chi connectivity index (χ3v) is 4.19. The zero-order valence-electron chi connectivity index (χ0n) is 11.6. The maximum absolute atomic E-state index is 11.9. The van der Waals surface area contributed by atoms with Gasteiger partial charge in [0.25, 0.3) is 0 Å². The lowest BCUT2D eigenvalue weighted by Gasteiger charge is -2.19. The lowest BCUT2D eigenvalue weighted by molar-refractivity contribution is -0.122. The van der Waals surface area contributed by atoms with Crippen molar-refractivity contribution in [2.45, 2.75) is 32.6 Å². The van der Waals surface area contributed by atoms with Crippen molar-refractivity contribution in [3.8, 4) is 0 Å². The Morgan fingerprint density at radius 2 is 2.22 bits per heavy atom. The molecule has 0 aromatic rings. The molecule has 0 spiro atoms. The summed E-state index contributed by atoms with van der Waals surface area (Å²) >= 11 is 0. The van der Waals surface area contributed by atoms with Crippen molar-refractivity contribution in [3.63, 3.8) is 0 Å². The van der Waals surface area contributed by atoms with E-state index in [4.69, 9.17) is 0 Å². The highest BCUT2D eigenvalue weighted by Crippen LogP contribution is 2.29. The monoisotopic (exact) mass is 253 g/mol. The Balaban J connectivity index is 1.62. The Morgan fingerprint density at radius 1 is 1.33 bits per heavy atom. The van der Waals surface area contributed by atoms with Gasteiger partial charge in [-0.1, -0.05) is 13.3 Å². The van der Waals surface area contributed by atoms with E-state index in [2.05, 4.69) is 22.5 Å². The molecular formula is C14H27N3O. The van der Waals surface area contributed by atoms with Crippen LogP contribution in [0.4, 0.5) is 0 Å². The average Bonchev–Trinajstić information content (AvgIpc) is 2.60. The second kappa shape index (κ2) is 7.10. The van der Waals surface area contributed by atoms with Crippen molar-refractivity contribution in [2.24, 2.45) is 11.8 Å². The van der Waals surface area contributed by atoms with E-state index in [0.29, 0.717) is 6.54 Å². The highest BCUT2D eigenvalue weighted by Gasteiger charge is 2.21. The van der Waals surface area contributed by atoms with Gasteiger partial charge in [0.05, 0.1) is 6.54 Å². The van der Waals surface area contributed by atoms with Gasteiger partial charge in [-0.05, 0) is 44.2 Å². The van der Waals surface area contributed by atoms with Crippen LogP contribution in [-0.2, 0) is 4.79 Å². The van der Waals surface area contributed by atoms with Crippen LogP contribution in [-0.4, -0.2) is 50.1 Å². The zero-order chi connectivity index (χ0) is 12.8. The SMILES string of the molecule is CC1CCC(CNC(=O)CN2CCCNCC2)C1. The van der Waals surface area contributed by atoms with E-state index >= 15 is 0 Å². The van der Waals surface area contributed by atoms with Gasteiger partial charge < -0.3 is 10.6 Å². The van der Waals surface area contributed by atoms with Crippen LogP contribution >= 0.6 is 0 Å². The summed E-state index contributed by atoms with van der Waals surface area (Å²) in [6.45, 7) is 7.89. The highest BCUT2D eigenvalue weighted by atomic mass is 16.2.